The van der Waals surface area contributed by atoms with Gasteiger partial charge in [0.25, 0.3) is 0 Å². The van der Waals surface area contributed by atoms with E-state index >= 15 is 0 Å². The van der Waals surface area contributed by atoms with E-state index in [-0.39, 0.29) is 0 Å². The van der Waals surface area contributed by atoms with Crippen molar-refractivity contribution in [1.29, 1.82) is 0 Å². The topological polar surface area (TPSA) is 103 Å². The Morgan fingerprint density at radius 2 is 1.82 bits per heavy atom. The molecule has 1 aliphatic heterocycles. The minimum atomic E-state index is -0.773. The lowest BCUT2D eigenvalue weighted by molar-refractivity contribution is -0.122. The van der Waals surface area contributed by atoms with Gasteiger partial charge in [-0.15, -0.1) is 0 Å². The third-order valence-corrected chi connectivity index (χ3v) is 3.23. The summed E-state index contributed by atoms with van der Waals surface area (Å²) in [6, 6.07) is 3.81. The van der Waals surface area contributed by atoms with E-state index in [0.717, 1.165) is 0 Å². The summed E-state index contributed by atoms with van der Waals surface area (Å²) < 4.78 is 10.9. The molecule has 0 bridgehead atoms. The first kappa shape index (κ1) is 15.9. The third kappa shape index (κ3) is 3.81. The standard InChI is InChI=1S/C15H21N3O4/c1-15(2,3)12(13(16)19)18-14(20)17-9-4-5-10-11(8-9)22-7-6-21-10/h4-5,8,12H,6-7H2,1-3H3,(H2,16,19)(H2,17,18,20)/t12-/m1/s1. The Labute approximate surface area is 129 Å². The van der Waals surface area contributed by atoms with E-state index in [2.05, 4.69) is 10.6 Å². The Bertz CT molecular complexity index is 581. The van der Waals surface area contributed by atoms with E-state index < -0.39 is 23.4 Å². The maximum Gasteiger partial charge on any atom is 0.319 e. The number of anilines is 1. The van der Waals surface area contributed by atoms with E-state index in [1.807, 2.05) is 20.8 Å². The van der Waals surface area contributed by atoms with Gasteiger partial charge in [-0.05, 0) is 17.5 Å². The SMILES string of the molecule is CC(C)(C)[C@H](NC(=O)Nc1ccc2c(c1)OCCO2)C(N)=O. The fourth-order valence-electron chi connectivity index (χ4n) is 2.13. The highest BCUT2D eigenvalue weighted by Gasteiger charge is 2.31. The number of hydrogen-bond donors (Lipinski definition) is 3. The monoisotopic (exact) mass is 307 g/mol. The molecule has 1 heterocycles. The Morgan fingerprint density at radius 3 is 2.41 bits per heavy atom. The van der Waals surface area contributed by atoms with Crippen LogP contribution in [-0.4, -0.2) is 31.2 Å². The van der Waals surface area contributed by atoms with Crippen molar-refractivity contribution in [3.05, 3.63) is 18.2 Å². The largest absolute Gasteiger partial charge is 0.486 e. The number of carbonyl (C=O) groups excluding carboxylic acids is 2. The van der Waals surface area contributed by atoms with Gasteiger partial charge in [-0.3, -0.25) is 4.79 Å². The highest BCUT2D eigenvalue weighted by Crippen LogP contribution is 2.32. The molecule has 4 N–H and O–H groups in total. The van der Waals surface area contributed by atoms with Crippen molar-refractivity contribution in [2.24, 2.45) is 11.1 Å². The van der Waals surface area contributed by atoms with Crippen molar-refractivity contribution in [2.45, 2.75) is 26.8 Å². The molecule has 0 aliphatic carbocycles. The molecule has 120 valence electrons. The maximum atomic E-state index is 12.0. The molecule has 3 amide bonds. The molecule has 22 heavy (non-hydrogen) atoms. The molecule has 7 nitrogen and oxygen atoms in total. The number of nitrogens with two attached hydrogens (primary N) is 1. The van der Waals surface area contributed by atoms with Gasteiger partial charge in [0, 0.05) is 11.8 Å². The van der Waals surface area contributed by atoms with Gasteiger partial charge in [-0.2, -0.15) is 0 Å². The number of hydrogen-bond acceptors (Lipinski definition) is 4. The second-order valence-corrected chi connectivity index (χ2v) is 6.16. The molecule has 1 aliphatic rings. The number of carbonyl (C=O) groups is 2. The Balaban J connectivity index is 2.04. The van der Waals surface area contributed by atoms with Crippen molar-refractivity contribution >= 4 is 17.6 Å². The lowest BCUT2D eigenvalue weighted by atomic mass is 9.86. The zero-order chi connectivity index (χ0) is 16.3. The minimum Gasteiger partial charge on any atom is -0.486 e. The van der Waals surface area contributed by atoms with E-state index in [0.29, 0.717) is 30.4 Å². The predicted octanol–water partition coefficient (Wildman–Crippen LogP) is 1.48. The van der Waals surface area contributed by atoms with Gasteiger partial charge in [-0.25, -0.2) is 4.79 Å². The van der Waals surface area contributed by atoms with Crippen LogP contribution in [0.1, 0.15) is 20.8 Å². The van der Waals surface area contributed by atoms with E-state index in [1.165, 1.54) is 0 Å². The zero-order valence-electron chi connectivity index (χ0n) is 12.9. The highest BCUT2D eigenvalue weighted by molar-refractivity contribution is 5.93. The molecule has 1 aromatic rings. The smallest absolute Gasteiger partial charge is 0.319 e. The predicted molar refractivity (Wildman–Crippen MR) is 82.0 cm³/mol. The minimum absolute atomic E-state index is 0.469. The number of benzene rings is 1. The summed E-state index contributed by atoms with van der Waals surface area (Å²) >= 11 is 0. The molecule has 0 saturated heterocycles. The zero-order valence-corrected chi connectivity index (χ0v) is 12.9. The fourth-order valence-corrected chi connectivity index (χ4v) is 2.13. The van der Waals surface area contributed by atoms with E-state index in [9.17, 15) is 9.59 Å². The molecule has 0 radical (unpaired) electrons. The van der Waals surface area contributed by atoms with Crippen molar-refractivity contribution in [1.82, 2.24) is 5.32 Å². The molecule has 1 aromatic carbocycles. The van der Waals surface area contributed by atoms with Crippen LogP contribution >= 0.6 is 0 Å². The Kier molecular flexibility index (Phi) is 4.44. The van der Waals surface area contributed by atoms with E-state index in [4.69, 9.17) is 15.2 Å². The van der Waals surface area contributed by atoms with Crippen LogP contribution in [-0.2, 0) is 4.79 Å². The first-order chi connectivity index (χ1) is 10.3. The summed E-state index contributed by atoms with van der Waals surface area (Å²) in [7, 11) is 0. The van der Waals surface area contributed by atoms with Crippen LogP contribution < -0.4 is 25.8 Å². The molecule has 0 spiro atoms. The normalized spacial score (nSPS) is 14.9. The molecular weight excluding hydrogens is 286 g/mol. The van der Waals surface area contributed by atoms with Crippen LogP contribution in [0.2, 0.25) is 0 Å². The number of nitrogens with one attached hydrogen (secondary N) is 2. The number of fused-ring (bicyclic) bond motifs is 1. The summed E-state index contributed by atoms with van der Waals surface area (Å²) in [6.45, 7) is 6.45. The number of urea groups is 1. The van der Waals surface area contributed by atoms with Crippen LogP contribution in [0.25, 0.3) is 0 Å². The van der Waals surface area contributed by atoms with Gasteiger partial charge in [0.1, 0.15) is 19.3 Å². The molecule has 0 unspecified atom stereocenters. The lowest BCUT2D eigenvalue weighted by Crippen LogP contribution is -2.53. The van der Waals surface area contributed by atoms with Gasteiger partial charge in [0.2, 0.25) is 5.91 Å². The molecule has 2 rings (SSSR count). The van der Waals surface area contributed by atoms with Gasteiger partial charge in [0.05, 0.1) is 0 Å². The number of ether oxygens (including phenoxy) is 2. The number of primary amides is 1. The highest BCUT2D eigenvalue weighted by atomic mass is 16.6. The number of amides is 3. The van der Waals surface area contributed by atoms with Crippen molar-refractivity contribution in [2.75, 3.05) is 18.5 Å². The van der Waals surface area contributed by atoms with E-state index in [1.54, 1.807) is 18.2 Å². The van der Waals surface area contributed by atoms with Crippen molar-refractivity contribution < 1.29 is 19.1 Å². The first-order valence-electron chi connectivity index (χ1n) is 7.04. The van der Waals surface area contributed by atoms with Crippen molar-refractivity contribution in [3.8, 4) is 11.5 Å². The third-order valence-electron chi connectivity index (χ3n) is 3.23. The fraction of sp³-hybridized carbons (Fsp3) is 0.467. The van der Waals surface area contributed by atoms with Crippen molar-refractivity contribution in [3.63, 3.8) is 0 Å². The van der Waals surface area contributed by atoms with Crippen LogP contribution in [0.15, 0.2) is 18.2 Å². The average Bonchev–Trinajstić information content (AvgIpc) is 2.43. The summed E-state index contributed by atoms with van der Waals surface area (Å²) in [6.07, 6.45) is 0. The van der Waals surface area contributed by atoms with Gasteiger partial charge in [-0.1, -0.05) is 20.8 Å². The average molecular weight is 307 g/mol. The second-order valence-electron chi connectivity index (χ2n) is 6.16. The molecule has 0 aromatic heterocycles. The van der Waals surface area contributed by atoms with Crippen LogP contribution in [0, 0.1) is 5.41 Å². The summed E-state index contributed by atoms with van der Waals surface area (Å²) in [5, 5.41) is 5.24. The second kappa shape index (κ2) is 6.13. The molecule has 0 fully saturated rings. The quantitative estimate of drug-likeness (QED) is 0.787. The number of rotatable bonds is 3. The molecule has 1 atom stereocenters. The van der Waals surface area contributed by atoms with Crippen LogP contribution in [0.4, 0.5) is 10.5 Å². The molecular formula is C15H21N3O4. The summed E-state index contributed by atoms with van der Waals surface area (Å²) in [5.74, 6) is 0.637. The maximum absolute atomic E-state index is 12.0. The van der Waals surface area contributed by atoms with Gasteiger partial charge >= 0.3 is 6.03 Å². The van der Waals surface area contributed by atoms with Crippen LogP contribution in [0.5, 0.6) is 11.5 Å². The summed E-state index contributed by atoms with van der Waals surface area (Å²) in [4.78, 5) is 23.5. The Hall–Kier alpha value is -2.44. The molecule has 7 heteroatoms. The summed E-state index contributed by atoms with van der Waals surface area (Å²) in [5.41, 5.74) is 5.40. The first-order valence-corrected chi connectivity index (χ1v) is 7.04. The Morgan fingerprint density at radius 1 is 1.18 bits per heavy atom. The molecule has 0 saturated carbocycles. The lowest BCUT2D eigenvalue weighted by Gasteiger charge is -2.28. The van der Waals surface area contributed by atoms with Gasteiger partial charge < -0.3 is 25.8 Å². The van der Waals surface area contributed by atoms with Crippen LogP contribution in [0.3, 0.4) is 0 Å². The van der Waals surface area contributed by atoms with Gasteiger partial charge in [0.15, 0.2) is 11.5 Å².